The van der Waals surface area contributed by atoms with E-state index in [1.165, 1.54) is 0 Å². The van der Waals surface area contributed by atoms with E-state index in [2.05, 4.69) is 19.7 Å². The van der Waals surface area contributed by atoms with Crippen LogP contribution < -0.4 is 14.7 Å². The summed E-state index contributed by atoms with van der Waals surface area (Å²) in [6.07, 6.45) is 1.82. The largest absolute Gasteiger partial charge is 0.508 e. The molecule has 0 saturated carbocycles. The minimum Gasteiger partial charge on any atom is -0.508 e. The number of hydrogen-bond acceptors (Lipinski definition) is 9. The lowest BCUT2D eigenvalue weighted by Crippen LogP contribution is -2.47. The molecular weight excluding hydrogens is 394 g/mol. The number of benzene rings is 1. The van der Waals surface area contributed by atoms with Crippen LogP contribution in [0.1, 0.15) is 0 Å². The van der Waals surface area contributed by atoms with Gasteiger partial charge in [0.1, 0.15) is 11.6 Å². The van der Waals surface area contributed by atoms with Crippen molar-refractivity contribution in [3.63, 3.8) is 0 Å². The maximum absolute atomic E-state index is 9.93. The molecule has 0 spiro atoms. The first kappa shape index (κ1) is 19.5. The fraction of sp³-hybridized carbons (Fsp3) is 0.364. The molecule has 2 fully saturated rings. The standard InChI is InChI=1S/C22H25N7O2/c30-18-5-3-4-17(16-18)20-24-21(26-22(25-20)29-12-14-31-15-13-29)28-10-8-27(9-11-28)19-6-1-2-7-23-19/h1-7,16,30H,8-15H2. The average Bonchev–Trinajstić information content (AvgIpc) is 2.85. The number of aromatic hydroxyl groups is 1. The van der Waals surface area contributed by atoms with Gasteiger partial charge in [-0.3, -0.25) is 0 Å². The summed E-state index contributed by atoms with van der Waals surface area (Å²) in [5, 5.41) is 9.93. The second kappa shape index (κ2) is 8.73. The third-order valence-electron chi connectivity index (χ3n) is 5.55. The number of aromatic nitrogens is 4. The molecule has 3 aromatic rings. The van der Waals surface area contributed by atoms with Gasteiger partial charge in [-0.05, 0) is 24.3 Å². The van der Waals surface area contributed by atoms with Crippen molar-refractivity contribution < 1.29 is 9.84 Å². The zero-order valence-electron chi connectivity index (χ0n) is 17.3. The summed E-state index contributed by atoms with van der Waals surface area (Å²) in [6, 6.07) is 13.0. The Morgan fingerprint density at radius 3 is 2.13 bits per heavy atom. The highest BCUT2D eigenvalue weighted by Gasteiger charge is 2.23. The normalized spacial score (nSPS) is 17.1. The topological polar surface area (TPSA) is 90.7 Å². The number of pyridine rings is 1. The fourth-order valence-corrected chi connectivity index (χ4v) is 3.85. The molecule has 2 aliphatic rings. The third kappa shape index (κ3) is 4.36. The molecule has 4 heterocycles. The van der Waals surface area contributed by atoms with E-state index in [9.17, 15) is 5.11 Å². The predicted octanol–water partition coefficient (Wildman–Crippen LogP) is 1.80. The van der Waals surface area contributed by atoms with Crippen molar-refractivity contribution in [2.45, 2.75) is 0 Å². The second-order valence-electron chi connectivity index (χ2n) is 7.57. The van der Waals surface area contributed by atoms with Gasteiger partial charge in [0, 0.05) is 51.0 Å². The Balaban J connectivity index is 1.43. The van der Waals surface area contributed by atoms with Crippen molar-refractivity contribution in [3.8, 4) is 17.1 Å². The molecule has 0 unspecified atom stereocenters. The number of anilines is 3. The first-order valence-electron chi connectivity index (χ1n) is 10.6. The van der Waals surface area contributed by atoms with E-state index in [0.717, 1.165) is 50.6 Å². The highest BCUT2D eigenvalue weighted by Crippen LogP contribution is 2.25. The maximum Gasteiger partial charge on any atom is 0.230 e. The van der Waals surface area contributed by atoms with Crippen LogP contribution in [-0.2, 0) is 4.74 Å². The molecule has 2 aromatic heterocycles. The van der Waals surface area contributed by atoms with E-state index in [1.54, 1.807) is 18.2 Å². The molecular formula is C22H25N7O2. The SMILES string of the molecule is Oc1cccc(-c2nc(N3CCOCC3)nc(N3CCN(c4ccccn4)CC3)n2)c1. The zero-order chi connectivity index (χ0) is 21.0. The van der Waals surface area contributed by atoms with E-state index in [0.29, 0.717) is 30.9 Å². The molecule has 9 nitrogen and oxygen atoms in total. The van der Waals surface area contributed by atoms with Crippen molar-refractivity contribution in [1.29, 1.82) is 0 Å². The van der Waals surface area contributed by atoms with Gasteiger partial charge in [-0.1, -0.05) is 18.2 Å². The Bertz CT molecular complexity index is 1020. The summed E-state index contributed by atoms with van der Waals surface area (Å²) in [6.45, 7) is 6.09. The van der Waals surface area contributed by atoms with Gasteiger partial charge in [0.05, 0.1) is 13.2 Å². The van der Waals surface area contributed by atoms with Gasteiger partial charge in [-0.2, -0.15) is 15.0 Å². The number of hydrogen-bond donors (Lipinski definition) is 1. The minimum atomic E-state index is 0.191. The summed E-state index contributed by atoms with van der Waals surface area (Å²) in [7, 11) is 0. The van der Waals surface area contributed by atoms with E-state index >= 15 is 0 Å². The van der Waals surface area contributed by atoms with Crippen molar-refractivity contribution in [2.24, 2.45) is 0 Å². The molecule has 5 rings (SSSR count). The predicted molar refractivity (Wildman–Crippen MR) is 119 cm³/mol. The van der Waals surface area contributed by atoms with Gasteiger partial charge in [-0.25, -0.2) is 4.98 Å². The Morgan fingerprint density at radius 1 is 0.742 bits per heavy atom. The van der Waals surface area contributed by atoms with Gasteiger partial charge in [0.25, 0.3) is 0 Å². The van der Waals surface area contributed by atoms with E-state index in [-0.39, 0.29) is 5.75 Å². The number of phenols is 1. The number of ether oxygens (including phenoxy) is 1. The lowest BCUT2D eigenvalue weighted by Gasteiger charge is -2.36. The summed E-state index contributed by atoms with van der Waals surface area (Å²) >= 11 is 0. The summed E-state index contributed by atoms with van der Waals surface area (Å²) in [5.41, 5.74) is 0.769. The highest BCUT2D eigenvalue weighted by atomic mass is 16.5. The number of morpholine rings is 1. The lowest BCUT2D eigenvalue weighted by atomic mass is 10.2. The maximum atomic E-state index is 9.93. The first-order valence-corrected chi connectivity index (χ1v) is 10.6. The van der Waals surface area contributed by atoms with Crippen LogP contribution >= 0.6 is 0 Å². The zero-order valence-corrected chi connectivity index (χ0v) is 17.3. The summed E-state index contributed by atoms with van der Waals surface area (Å²) in [5.74, 6) is 3.06. The van der Waals surface area contributed by atoms with Gasteiger partial charge >= 0.3 is 0 Å². The van der Waals surface area contributed by atoms with Gasteiger partial charge in [-0.15, -0.1) is 0 Å². The number of rotatable bonds is 4. The quantitative estimate of drug-likeness (QED) is 0.680. The Hall–Kier alpha value is -3.46. The van der Waals surface area contributed by atoms with E-state index in [1.807, 2.05) is 30.5 Å². The third-order valence-corrected chi connectivity index (χ3v) is 5.55. The highest BCUT2D eigenvalue weighted by molar-refractivity contribution is 5.60. The summed E-state index contributed by atoms with van der Waals surface area (Å²) < 4.78 is 5.48. The van der Waals surface area contributed by atoms with E-state index in [4.69, 9.17) is 19.7 Å². The van der Waals surface area contributed by atoms with Gasteiger partial charge in [0.2, 0.25) is 11.9 Å². The van der Waals surface area contributed by atoms with Crippen LogP contribution in [0, 0.1) is 0 Å². The second-order valence-corrected chi connectivity index (χ2v) is 7.57. The molecule has 9 heteroatoms. The molecule has 31 heavy (non-hydrogen) atoms. The fourth-order valence-electron chi connectivity index (χ4n) is 3.85. The molecule has 0 atom stereocenters. The van der Waals surface area contributed by atoms with Crippen LogP contribution in [0.15, 0.2) is 48.7 Å². The molecule has 0 aliphatic carbocycles. The molecule has 1 N–H and O–H groups in total. The van der Waals surface area contributed by atoms with E-state index < -0.39 is 0 Å². The van der Waals surface area contributed by atoms with Crippen LogP contribution in [0.25, 0.3) is 11.4 Å². The minimum absolute atomic E-state index is 0.191. The van der Waals surface area contributed by atoms with Crippen LogP contribution in [-0.4, -0.2) is 77.5 Å². The molecule has 2 aliphatic heterocycles. The molecule has 0 bridgehead atoms. The van der Waals surface area contributed by atoms with Crippen molar-refractivity contribution in [2.75, 3.05) is 67.2 Å². The van der Waals surface area contributed by atoms with Crippen LogP contribution in [0.4, 0.5) is 17.7 Å². The average molecular weight is 419 g/mol. The number of nitrogens with zero attached hydrogens (tertiary/aromatic N) is 7. The first-order chi connectivity index (χ1) is 15.3. The molecule has 1 aromatic carbocycles. The summed E-state index contributed by atoms with van der Waals surface area (Å²) in [4.78, 5) is 25.3. The Labute approximate surface area is 181 Å². The molecule has 2 saturated heterocycles. The Kier molecular flexibility index (Phi) is 5.49. The van der Waals surface area contributed by atoms with Crippen LogP contribution in [0.2, 0.25) is 0 Å². The monoisotopic (exact) mass is 419 g/mol. The molecule has 0 amide bonds. The van der Waals surface area contributed by atoms with Crippen molar-refractivity contribution in [1.82, 2.24) is 19.9 Å². The smallest absolute Gasteiger partial charge is 0.230 e. The lowest BCUT2D eigenvalue weighted by molar-refractivity contribution is 0.122. The molecule has 160 valence electrons. The Morgan fingerprint density at radius 2 is 1.45 bits per heavy atom. The van der Waals surface area contributed by atoms with Crippen LogP contribution in [0.5, 0.6) is 5.75 Å². The molecule has 0 radical (unpaired) electrons. The van der Waals surface area contributed by atoms with Crippen molar-refractivity contribution >= 4 is 17.7 Å². The number of piperazine rings is 1. The van der Waals surface area contributed by atoms with Gasteiger partial charge < -0.3 is 24.5 Å². The van der Waals surface area contributed by atoms with Crippen LogP contribution in [0.3, 0.4) is 0 Å². The number of phenolic OH excluding ortho intramolecular Hbond substituents is 1. The van der Waals surface area contributed by atoms with Gasteiger partial charge in [0.15, 0.2) is 5.82 Å². The van der Waals surface area contributed by atoms with Crippen molar-refractivity contribution in [3.05, 3.63) is 48.7 Å².